The lowest BCUT2D eigenvalue weighted by atomic mass is 9.75. The monoisotopic (exact) mass is 310 g/mol. The van der Waals surface area contributed by atoms with Crippen LogP contribution in [-0.4, -0.2) is 0 Å². The lowest BCUT2D eigenvalue weighted by Gasteiger charge is -2.27. The van der Waals surface area contributed by atoms with E-state index in [4.69, 9.17) is 0 Å². The molecule has 0 saturated heterocycles. The Morgan fingerprint density at radius 3 is 2.04 bits per heavy atom. The number of benzene rings is 3. The molecule has 0 aromatic heterocycles. The van der Waals surface area contributed by atoms with Crippen molar-refractivity contribution in [3.05, 3.63) is 94.5 Å². The van der Waals surface area contributed by atoms with Crippen LogP contribution in [0.4, 0.5) is 0 Å². The fourth-order valence-corrected chi connectivity index (χ4v) is 4.83. The van der Waals surface area contributed by atoms with Crippen molar-refractivity contribution >= 4 is 0 Å². The van der Waals surface area contributed by atoms with Crippen molar-refractivity contribution in [3.8, 4) is 11.1 Å². The standard InChI is InChI=1S/C24H22/c1-16(2)17-11-12-21-20-9-5-6-10-22(20)24(23(21)13-17)14-18-7-3-4-8-19(18)15-24/h3-13,16H,14-15H2,1-2H3. The van der Waals surface area contributed by atoms with Gasteiger partial charge in [0.1, 0.15) is 0 Å². The minimum atomic E-state index is 0.139. The van der Waals surface area contributed by atoms with Crippen molar-refractivity contribution in [1.29, 1.82) is 0 Å². The Bertz CT molecular complexity index is 921. The van der Waals surface area contributed by atoms with E-state index in [0.717, 1.165) is 12.8 Å². The van der Waals surface area contributed by atoms with E-state index in [0.29, 0.717) is 5.92 Å². The molecule has 5 rings (SSSR count). The third-order valence-electron chi connectivity index (χ3n) is 6.06. The van der Waals surface area contributed by atoms with Gasteiger partial charge in [-0.15, -0.1) is 0 Å². The quantitative estimate of drug-likeness (QED) is 0.527. The molecule has 0 fully saturated rings. The first-order chi connectivity index (χ1) is 11.7. The fourth-order valence-electron chi connectivity index (χ4n) is 4.83. The third-order valence-corrected chi connectivity index (χ3v) is 6.06. The summed E-state index contributed by atoms with van der Waals surface area (Å²) in [6.07, 6.45) is 2.27. The van der Waals surface area contributed by atoms with E-state index in [1.807, 2.05) is 0 Å². The highest BCUT2D eigenvalue weighted by molar-refractivity contribution is 5.82. The summed E-state index contributed by atoms with van der Waals surface area (Å²) in [4.78, 5) is 0. The van der Waals surface area contributed by atoms with Crippen LogP contribution in [0.15, 0.2) is 66.7 Å². The van der Waals surface area contributed by atoms with E-state index in [9.17, 15) is 0 Å². The Labute approximate surface area is 144 Å². The summed E-state index contributed by atoms with van der Waals surface area (Å²) in [6.45, 7) is 4.58. The lowest BCUT2D eigenvalue weighted by molar-refractivity contribution is 0.562. The highest BCUT2D eigenvalue weighted by Gasteiger charge is 2.46. The summed E-state index contributed by atoms with van der Waals surface area (Å²) in [7, 11) is 0. The van der Waals surface area contributed by atoms with Gasteiger partial charge in [0, 0.05) is 5.41 Å². The van der Waals surface area contributed by atoms with Gasteiger partial charge in [-0.1, -0.05) is 80.6 Å². The Balaban J connectivity index is 1.79. The molecule has 24 heavy (non-hydrogen) atoms. The highest BCUT2D eigenvalue weighted by Crippen LogP contribution is 2.55. The molecule has 3 aromatic rings. The average Bonchev–Trinajstić information content (AvgIpc) is 3.12. The second-order valence-electron chi connectivity index (χ2n) is 7.71. The predicted octanol–water partition coefficient (Wildman–Crippen LogP) is 5.88. The van der Waals surface area contributed by atoms with Gasteiger partial charge in [0.2, 0.25) is 0 Å². The summed E-state index contributed by atoms with van der Waals surface area (Å²) < 4.78 is 0. The van der Waals surface area contributed by atoms with Crippen LogP contribution >= 0.6 is 0 Å². The summed E-state index contributed by atoms with van der Waals surface area (Å²) in [6, 6.07) is 25.2. The van der Waals surface area contributed by atoms with E-state index < -0.39 is 0 Å². The molecule has 0 heteroatoms. The second kappa shape index (κ2) is 4.83. The molecule has 0 radical (unpaired) electrons. The lowest BCUT2D eigenvalue weighted by Crippen LogP contribution is -2.25. The van der Waals surface area contributed by atoms with Crippen LogP contribution in [0, 0.1) is 0 Å². The van der Waals surface area contributed by atoms with E-state index in [2.05, 4.69) is 80.6 Å². The van der Waals surface area contributed by atoms with Crippen LogP contribution in [0.3, 0.4) is 0 Å². The summed E-state index contributed by atoms with van der Waals surface area (Å²) in [5.41, 5.74) is 10.6. The van der Waals surface area contributed by atoms with E-state index in [1.54, 1.807) is 5.56 Å². The van der Waals surface area contributed by atoms with E-state index in [1.165, 1.54) is 33.4 Å². The van der Waals surface area contributed by atoms with Crippen molar-refractivity contribution < 1.29 is 0 Å². The molecule has 0 amide bonds. The summed E-state index contributed by atoms with van der Waals surface area (Å²) in [5.74, 6) is 0.569. The van der Waals surface area contributed by atoms with Crippen LogP contribution in [-0.2, 0) is 18.3 Å². The zero-order chi connectivity index (χ0) is 16.3. The van der Waals surface area contributed by atoms with Gasteiger partial charge in [0.15, 0.2) is 0 Å². The number of hydrogen-bond donors (Lipinski definition) is 0. The van der Waals surface area contributed by atoms with Crippen LogP contribution in [0.25, 0.3) is 11.1 Å². The molecule has 1 spiro atoms. The molecule has 3 aromatic carbocycles. The highest BCUT2D eigenvalue weighted by atomic mass is 14.5. The van der Waals surface area contributed by atoms with Gasteiger partial charge in [0.05, 0.1) is 0 Å². The molecular formula is C24H22. The second-order valence-corrected chi connectivity index (χ2v) is 7.71. The molecular weight excluding hydrogens is 288 g/mol. The predicted molar refractivity (Wildman–Crippen MR) is 101 cm³/mol. The minimum absolute atomic E-state index is 0.139. The van der Waals surface area contributed by atoms with E-state index in [-0.39, 0.29) is 5.41 Å². The smallest absolute Gasteiger partial charge is 0.0295 e. The molecule has 0 bridgehead atoms. The molecule has 118 valence electrons. The Morgan fingerprint density at radius 1 is 0.708 bits per heavy atom. The molecule has 2 aliphatic rings. The maximum absolute atomic E-state index is 2.49. The van der Waals surface area contributed by atoms with Gasteiger partial charge in [0.25, 0.3) is 0 Å². The molecule has 0 unspecified atom stereocenters. The number of rotatable bonds is 1. The maximum atomic E-state index is 2.49. The van der Waals surface area contributed by atoms with Gasteiger partial charge < -0.3 is 0 Å². The van der Waals surface area contributed by atoms with Crippen LogP contribution in [0.5, 0.6) is 0 Å². The fraction of sp³-hybridized carbons (Fsp3) is 0.250. The van der Waals surface area contributed by atoms with Crippen LogP contribution in [0.2, 0.25) is 0 Å². The maximum Gasteiger partial charge on any atom is 0.0295 e. The third kappa shape index (κ3) is 1.74. The molecule has 0 atom stereocenters. The summed E-state index contributed by atoms with van der Waals surface area (Å²) >= 11 is 0. The zero-order valence-corrected chi connectivity index (χ0v) is 14.3. The average molecular weight is 310 g/mol. The van der Waals surface area contributed by atoms with Crippen LogP contribution in [0.1, 0.15) is 47.6 Å². The van der Waals surface area contributed by atoms with Crippen molar-refractivity contribution in [3.63, 3.8) is 0 Å². The largest absolute Gasteiger partial charge is 0.0620 e. The van der Waals surface area contributed by atoms with Gasteiger partial charge >= 0.3 is 0 Å². The Kier molecular flexibility index (Phi) is 2.83. The van der Waals surface area contributed by atoms with Gasteiger partial charge in [-0.2, -0.15) is 0 Å². The first-order valence-corrected chi connectivity index (χ1v) is 9.00. The Hall–Kier alpha value is -2.34. The SMILES string of the molecule is CC(C)c1ccc2c(c1)C1(Cc3ccccc3C1)c1ccccc1-2. The number of fused-ring (bicyclic) bond motifs is 6. The molecule has 0 nitrogen and oxygen atoms in total. The van der Waals surface area contributed by atoms with Crippen LogP contribution < -0.4 is 0 Å². The Morgan fingerprint density at radius 2 is 1.33 bits per heavy atom. The van der Waals surface area contributed by atoms with Crippen molar-refractivity contribution in [2.45, 2.75) is 38.0 Å². The topological polar surface area (TPSA) is 0 Å². The zero-order valence-electron chi connectivity index (χ0n) is 14.3. The van der Waals surface area contributed by atoms with Crippen molar-refractivity contribution in [2.75, 3.05) is 0 Å². The van der Waals surface area contributed by atoms with Crippen molar-refractivity contribution in [1.82, 2.24) is 0 Å². The first-order valence-electron chi connectivity index (χ1n) is 9.00. The normalized spacial score (nSPS) is 16.3. The molecule has 0 heterocycles. The molecule has 2 aliphatic carbocycles. The van der Waals surface area contributed by atoms with E-state index >= 15 is 0 Å². The van der Waals surface area contributed by atoms with Gasteiger partial charge in [-0.25, -0.2) is 0 Å². The molecule has 0 aliphatic heterocycles. The van der Waals surface area contributed by atoms with Gasteiger partial charge in [-0.3, -0.25) is 0 Å². The number of hydrogen-bond acceptors (Lipinski definition) is 0. The molecule has 0 saturated carbocycles. The summed E-state index contributed by atoms with van der Waals surface area (Å²) in [5, 5.41) is 0. The van der Waals surface area contributed by atoms with Crippen molar-refractivity contribution in [2.24, 2.45) is 0 Å². The first kappa shape index (κ1) is 14.0. The molecule has 0 N–H and O–H groups in total. The van der Waals surface area contributed by atoms with Gasteiger partial charge in [-0.05, 0) is 57.7 Å². The minimum Gasteiger partial charge on any atom is -0.0620 e.